The van der Waals surface area contributed by atoms with Gasteiger partial charge in [-0.3, -0.25) is 4.79 Å². The van der Waals surface area contributed by atoms with Crippen molar-refractivity contribution in [3.05, 3.63) is 30.1 Å². The summed E-state index contributed by atoms with van der Waals surface area (Å²) < 4.78 is 26.2. The SMILES string of the molecule is C[C@]12CCC[C@]3(CO3)[C@H]1C[C@@H]1[C@H](C[NH+]3CCN(c4ccccc4F)CC3)C(=O)O[C@@H]1C2. The number of benzene rings is 1. The van der Waals surface area contributed by atoms with Crippen LogP contribution in [0.1, 0.15) is 39.0 Å². The number of anilines is 1. The summed E-state index contributed by atoms with van der Waals surface area (Å²) >= 11 is 0. The lowest BCUT2D eigenvalue weighted by atomic mass is 9.53. The number of carbonyl (C=O) groups excluding carboxylic acids is 1. The Morgan fingerprint density at radius 1 is 1.23 bits per heavy atom. The van der Waals surface area contributed by atoms with E-state index in [0.29, 0.717) is 17.5 Å². The zero-order chi connectivity index (χ0) is 21.2. The Morgan fingerprint density at radius 3 is 2.74 bits per heavy atom. The molecule has 5 fully saturated rings. The first-order chi connectivity index (χ1) is 15.0. The maximum atomic E-state index is 14.2. The lowest BCUT2D eigenvalue weighted by Crippen LogP contribution is -3.15. The number of halogens is 1. The second kappa shape index (κ2) is 7.17. The standard InChI is InChI=1S/C25H33FN2O3/c1-24-7-4-8-25(16-30-25)22(24)13-17-18(23(29)31-21(17)14-24)15-27-9-11-28(12-10-27)20-6-3-2-5-19(20)26/h2-3,5-6,17-18,21-22H,4,7-16H2,1H3/p+1/t17-,18+,21-,22+,24-,25+/m1/s1. The van der Waals surface area contributed by atoms with Gasteiger partial charge < -0.3 is 19.3 Å². The van der Waals surface area contributed by atoms with Crippen LogP contribution in [0.15, 0.2) is 24.3 Å². The topological polar surface area (TPSA) is 46.5 Å². The van der Waals surface area contributed by atoms with Crippen LogP contribution in [-0.4, -0.2) is 57.0 Å². The number of epoxide rings is 1. The van der Waals surface area contributed by atoms with Gasteiger partial charge in [-0.15, -0.1) is 0 Å². The van der Waals surface area contributed by atoms with Crippen LogP contribution in [0.2, 0.25) is 0 Å². The van der Waals surface area contributed by atoms with Gasteiger partial charge in [0.05, 0.1) is 50.6 Å². The zero-order valence-corrected chi connectivity index (χ0v) is 18.4. The average molecular weight is 430 g/mol. The molecular weight excluding hydrogens is 395 g/mol. The van der Waals surface area contributed by atoms with Gasteiger partial charge in [0.1, 0.15) is 17.8 Å². The first-order valence-electron chi connectivity index (χ1n) is 12.1. The number of fused-ring (bicyclic) bond motifs is 3. The van der Waals surface area contributed by atoms with Crippen LogP contribution >= 0.6 is 0 Å². The van der Waals surface area contributed by atoms with E-state index in [1.165, 1.54) is 30.2 Å². The van der Waals surface area contributed by atoms with Crippen LogP contribution < -0.4 is 9.80 Å². The summed E-state index contributed by atoms with van der Waals surface area (Å²) in [6.45, 7) is 7.68. The number of hydrogen-bond donors (Lipinski definition) is 1. The summed E-state index contributed by atoms with van der Waals surface area (Å²) in [6.07, 6.45) is 5.83. The van der Waals surface area contributed by atoms with Gasteiger partial charge in [0.2, 0.25) is 0 Å². The Bertz CT molecular complexity index is 866. The van der Waals surface area contributed by atoms with E-state index in [9.17, 15) is 9.18 Å². The third-order valence-electron chi connectivity index (χ3n) is 9.25. The summed E-state index contributed by atoms with van der Waals surface area (Å²) in [5.41, 5.74) is 1.05. The Kier molecular flexibility index (Phi) is 4.62. The minimum absolute atomic E-state index is 0.00212. The maximum Gasteiger partial charge on any atom is 0.315 e. The maximum absolute atomic E-state index is 14.2. The highest BCUT2D eigenvalue weighted by Crippen LogP contribution is 2.62. The van der Waals surface area contributed by atoms with Crippen molar-refractivity contribution in [3.63, 3.8) is 0 Å². The lowest BCUT2D eigenvalue weighted by molar-refractivity contribution is -0.903. The van der Waals surface area contributed by atoms with Crippen molar-refractivity contribution in [1.82, 2.24) is 0 Å². The second-order valence-corrected chi connectivity index (χ2v) is 11.0. The van der Waals surface area contributed by atoms with E-state index in [4.69, 9.17) is 9.47 Å². The molecule has 3 heterocycles. The Hall–Kier alpha value is -1.66. The van der Waals surface area contributed by atoms with Crippen molar-refractivity contribution in [2.75, 3.05) is 44.2 Å². The number of hydrogen-bond acceptors (Lipinski definition) is 4. The van der Waals surface area contributed by atoms with E-state index in [1.54, 1.807) is 6.07 Å². The smallest absolute Gasteiger partial charge is 0.315 e. The largest absolute Gasteiger partial charge is 0.462 e. The molecule has 0 bridgehead atoms. The predicted molar refractivity (Wildman–Crippen MR) is 114 cm³/mol. The van der Waals surface area contributed by atoms with Crippen LogP contribution in [-0.2, 0) is 14.3 Å². The quantitative estimate of drug-likeness (QED) is 0.590. The van der Waals surface area contributed by atoms with Gasteiger partial charge in [-0.25, -0.2) is 4.39 Å². The summed E-state index contributed by atoms with van der Waals surface area (Å²) in [5.74, 6) is 0.776. The molecule has 6 rings (SSSR count). The number of para-hydroxylation sites is 1. The Labute approximate surface area is 183 Å². The molecule has 1 N–H and O–H groups in total. The first kappa shape index (κ1) is 20.0. The fourth-order valence-electron chi connectivity index (χ4n) is 7.48. The van der Waals surface area contributed by atoms with Gasteiger partial charge in [0, 0.05) is 5.92 Å². The number of quaternary nitrogens is 1. The highest BCUT2D eigenvalue weighted by atomic mass is 19.1. The van der Waals surface area contributed by atoms with Crippen molar-refractivity contribution in [2.45, 2.75) is 50.7 Å². The highest BCUT2D eigenvalue weighted by molar-refractivity contribution is 5.75. The van der Waals surface area contributed by atoms with Crippen LogP contribution in [0.5, 0.6) is 0 Å². The van der Waals surface area contributed by atoms with E-state index < -0.39 is 0 Å². The van der Waals surface area contributed by atoms with E-state index in [0.717, 1.165) is 52.2 Å². The molecular formula is C25H34FN2O3+. The summed E-state index contributed by atoms with van der Waals surface area (Å²) in [6, 6.07) is 7.02. The molecule has 31 heavy (non-hydrogen) atoms. The van der Waals surface area contributed by atoms with Crippen molar-refractivity contribution in [3.8, 4) is 0 Å². The predicted octanol–water partition coefficient (Wildman–Crippen LogP) is 2.06. The normalized spacial score (nSPS) is 42.3. The molecule has 0 radical (unpaired) electrons. The van der Waals surface area contributed by atoms with Gasteiger partial charge in [0.25, 0.3) is 0 Å². The number of esters is 1. The number of rotatable bonds is 3. The number of piperazine rings is 1. The Balaban J connectivity index is 1.12. The molecule has 1 aromatic carbocycles. The van der Waals surface area contributed by atoms with Crippen molar-refractivity contribution in [2.24, 2.45) is 23.2 Å². The van der Waals surface area contributed by atoms with Crippen molar-refractivity contribution >= 4 is 11.7 Å². The second-order valence-electron chi connectivity index (χ2n) is 11.0. The fraction of sp³-hybridized carbons (Fsp3) is 0.720. The zero-order valence-electron chi connectivity index (χ0n) is 18.4. The lowest BCUT2D eigenvalue weighted by Gasteiger charge is -2.51. The third-order valence-corrected chi connectivity index (χ3v) is 9.25. The fourth-order valence-corrected chi connectivity index (χ4v) is 7.48. The summed E-state index contributed by atoms with van der Waals surface area (Å²) in [5, 5.41) is 0. The summed E-state index contributed by atoms with van der Waals surface area (Å²) in [4.78, 5) is 16.5. The number of ether oxygens (including phenoxy) is 2. The molecule has 168 valence electrons. The molecule has 2 saturated carbocycles. The van der Waals surface area contributed by atoms with Crippen molar-refractivity contribution in [1.29, 1.82) is 0 Å². The van der Waals surface area contributed by atoms with Crippen LogP contribution in [0, 0.1) is 29.0 Å². The molecule has 5 aliphatic rings. The molecule has 0 aromatic heterocycles. The molecule has 5 nitrogen and oxygen atoms in total. The number of nitrogens with one attached hydrogen (secondary N) is 1. The van der Waals surface area contributed by atoms with Crippen LogP contribution in [0.4, 0.5) is 10.1 Å². The average Bonchev–Trinajstić information content (AvgIpc) is 3.46. The van der Waals surface area contributed by atoms with Gasteiger partial charge >= 0.3 is 5.97 Å². The molecule has 1 spiro atoms. The molecule has 6 atom stereocenters. The van der Waals surface area contributed by atoms with Gasteiger partial charge in [-0.05, 0) is 55.6 Å². The molecule has 3 aliphatic heterocycles. The van der Waals surface area contributed by atoms with Gasteiger partial charge in [0.15, 0.2) is 0 Å². The van der Waals surface area contributed by atoms with Crippen LogP contribution in [0.3, 0.4) is 0 Å². The van der Waals surface area contributed by atoms with Gasteiger partial charge in [-0.2, -0.15) is 0 Å². The van der Waals surface area contributed by atoms with Crippen LogP contribution in [0.25, 0.3) is 0 Å². The molecule has 1 aromatic rings. The highest BCUT2D eigenvalue weighted by Gasteiger charge is 2.65. The van der Waals surface area contributed by atoms with Crippen molar-refractivity contribution < 1.29 is 23.6 Å². The third kappa shape index (κ3) is 3.29. The summed E-state index contributed by atoms with van der Waals surface area (Å²) in [7, 11) is 0. The molecule has 0 unspecified atom stereocenters. The molecule has 6 heteroatoms. The van der Waals surface area contributed by atoms with E-state index >= 15 is 0 Å². The van der Waals surface area contributed by atoms with E-state index in [2.05, 4.69) is 11.8 Å². The minimum atomic E-state index is -0.151. The molecule has 3 saturated heterocycles. The molecule has 2 aliphatic carbocycles. The first-order valence-corrected chi connectivity index (χ1v) is 12.1. The Morgan fingerprint density at radius 2 is 2.00 bits per heavy atom. The molecule has 0 amide bonds. The number of carbonyl (C=O) groups is 1. The van der Waals surface area contributed by atoms with E-state index in [-0.39, 0.29) is 34.8 Å². The van der Waals surface area contributed by atoms with E-state index in [1.807, 2.05) is 12.1 Å². The minimum Gasteiger partial charge on any atom is -0.462 e. The number of nitrogens with zero attached hydrogens (tertiary/aromatic N) is 1. The monoisotopic (exact) mass is 429 g/mol. The van der Waals surface area contributed by atoms with Gasteiger partial charge in [-0.1, -0.05) is 19.1 Å².